The van der Waals surface area contributed by atoms with Gasteiger partial charge in [-0.25, -0.2) is 4.39 Å². The van der Waals surface area contributed by atoms with Crippen molar-refractivity contribution in [1.82, 2.24) is 5.32 Å². The van der Waals surface area contributed by atoms with E-state index in [1.54, 1.807) is 30.0 Å². The van der Waals surface area contributed by atoms with Crippen molar-refractivity contribution in [3.63, 3.8) is 0 Å². The van der Waals surface area contributed by atoms with Crippen LogP contribution >= 0.6 is 23.4 Å². The first-order chi connectivity index (χ1) is 15.4. The van der Waals surface area contributed by atoms with Crippen LogP contribution in [0.3, 0.4) is 0 Å². The minimum Gasteiger partial charge on any atom is -0.352 e. The summed E-state index contributed by atoms with van der Waals surface area (Å²) in [6, 6.07) is 21.1. The van der Waals surface area contributed by atoms with Gasteiger partial charge in [0.2, 0.25) is 11.8 Å². The Balaban J connectivity index is 1.53. The van der Waals surface area contributed by atoms with Crippen molar-refractivity contribution < 1.29 is 14.0 Å². The van der Waals surface area contributed by atoms with Crippen LogP contribution in [0.5, 0.6) is 0 Å². The van der Waals surface area contributed by atoms with Crippen molar-refractivity contribution in [3.05, 3.63) is 94.8 Å². The number of para-hydroxylation sites is 1. The molecule has 0 unspecified atom stereocenters. The number of fused-ring (bicyclic) bond motifs is 1. The van der Waals surface area contributed by atoms with Gasteiger partial charge in [-0.2, -0.15) is 0 Å². The number of hydrogen-bond donors (Lipinski definition) is 1. The number of thioether (sulfide) groups is 1. The van der Waals surface area contributed by atoms with Crippen LogP contribution in [0.25, 0.3) is 0 Å². The summed E-state index contributed by atoms with van der Waals surface area (Å²) in [4.78, 5) is 29.0. The Morgan fingerprint density at radius 3 is 2.53 bits per heavy atom. The van der Waals surface area contributed by atoms with Gasteiger partial charge in [-0.1, -0.05) is 61.0 Å². The van der Waals surface area contributed by atoms with Gasteiger partial charge >= 0.3 is 0 Å². The van der Waals surface area contributed by atoms with E-state index in [2.05, 4.69) is 5.32 Å². The lowest BCUT2D eigenvalue weighted by Gasteiger charge is -2.35. The maximum absolute atomic E-state index is 13.5. The number of carbonyl (C=O) groups excluding carboxylic acids is 2. The SMILES string of the molecule is C[C@@H](C(=O)NCc1ccccc1Cl)[C@H]1Sc2ccccc2N(Cc2ccc(F)cc2)C1=O. The fourth-order valence-electron chi connectivity index (χ4n) is 3.61. The molecule has 2 atom stereocenters. The summed E-state index contributed by atoms with van der Waals surface area (Å²) >= 11 is 7.59. The Bertz CT molecular complexity index is 1140. The van der Waals surface area contributed by atoms with Gasteiger partial charge in [0.25, 0.3) is 0 Å². The van der Waals surface area contributed by atoms with Crippen molar-refractivity contribution in [2.24, 2.45) is 5.92 Å². The van der Waals surface area contributed by atoms with Crippen LogP contribution in [-0.4, -0.2) is 17.1 Å². The van der Waals surface area contributed by atoms with Gasteiger partial charge in [0.05, 0.1) is 18.2 Å². The first-order valence-electron chi connectivity index (χ1n) is 10.3. The summed E-state index contributed by atoms with van der Waals surface area (Å²) in [6.45, 7) is 2.37. The lowest BCUT2D eigenvalue weighted by molar-refractivity contribution is -0.128. The molecule has 0 aliphatic carbocycles. The molecule has 4 nitrogen and oxygen atoms in total. The fourth-order valence-corrected chi connectivity index (χ4v) is 5.10. The van der Waals surface area contributed by atoms with E-state index in [1.807, 2.05) is 42.5 Å². The molecule has 7 heteroatoms. The van der Waals surface area contributed by atoms with Gasteiger partial charge < -0.3 is 10.2 Å². The van der Waals surface area contributed by atoms with Gasteiger partial charge in [-0.15, -0.1) is 11.8 Å². The zero-order valence-electron chi connectivity index (χ0n) is 17.4. The highest BCUT2D eigenvalue weighted by molar-refractivity contribution is 8.01. The zero-order chi connectivity index (χ0) is 22.7. The molecule has 0 radical (unpaired) electrons. The van der Waals surface area contributed by atoms with Crippen LogP contribution in [0.1, 0.15) is 18.1 Å². The second kappa shape index (κ2) is 9.76. The summed E-state index contributed by atoms with van der Waals surface area (Å²) in [7, 11) is 0. The number of amides is 2. The maximum atomic E-state index is 13.5. The normalized spacial score (nSPS) is 16.4. The zero-order valence-corrected chi connectivity index (χ0v) is 19.0. The number of anilines is 1. The maximum Gasteiger partial charge on any atom is 0.241 e. The van der Waals surface area contributed by atoms with Crippen molar-refractivity contribution >= 4 is 40.9 Å². The van der Waals surface area contributed by atoms with Crippen LogP contribution in [-0.2, 0) is 22.7 Å². The molecule has 0 spiro atoms. The molecule has 0 bridgehead atoms. The highest BCUT2D eigenvalue weighted by atomic mass is 35.5. The van der Waals surface area contributed by atoms with Crippen molar-refractivity contribution in [3.8, 4) is 0 Å². The second-order valence-corrected chi connectivity index (χ2v) is 9.25. The summed E-state index contributed by atoms with van der Waals surface area (Å²) in [5.74, 6) is -1.23. The van der Waals surface area contributed by atoms with Gasteiger partial charge in [0.15, 0.2) is 0 Å². The van der Waals surface area contributed by atoms with E-state index in [4.69, 9.17) is 11.6 Å². The number of nitrogens with zero attached hydrogens (tertiary/aromatic N) is 1. The molecule has 1 heterocycles. The molecule has 3 aromatic carbocycles. The first-order valence-corrected chi connectivity index (χ1v) is 11.5. The topological polar surface area (TPSA) is 49.4 Å². The number of rotatable bonds is 6. The quantitative estimate of drug-likeness (QED) is 0.524. The molecule has 164 valence electrons. The minimum atomic E-state index is -0.573. The van der Waals surface area contributed by atoms with Gasteiger partial charge in [-0.3, -0.25) is 9.59 Å². The molecule has 1 N–H and O–H groups in total. The van der Waals surface area contributed by atoms with E-state index < -0.39 is 11.2 Å². The van der Waals surface area contributed by atoms with Crippen LogP contribution in [0.15, 0.2) is 77.7 Å². The molecule has 0 saturated heterocycles. The molecular weight excluding hydrogens is 447 g/mol. The van der Waals surface area contributed by atoms with Crippen LogP contribution < -0.4 is 10.2 Å². The number of hydrogen-bond acceptors (Lipinski definition) is 3. The predicted molar refractivity (Wildman–Crippen MR) is 126 cm³/mol. The Morgan fingerprint density at radius 1 is 1.09 bits per heavy atom. The number of benzene rings is 3. The largest absolute Gasteiger partial charge is 0.352 e. The highest BCUT2D eigenvalue weighted by Gasteiger charge is 2.39. The van der Waals surface area contributed by atoms with E-state index in [0.717, 1.165) is 21.7 Å². The van der Waals surface area contributed by atoms with E-state index in [9.17, 15) is 14.0 Å². The lowest BCUT2D eigenvalue weighted by atomic mass is 10.0. The standard InChI is InChI=1S/C25H22ClFN2O2S/c1-16(24(30)28-14-18-6-2-3-7-20(18)26)23-25(31)29(15-17-10-12-19(27)13-11-17)21-8-4-5-9-22(21)32-23/h2-13,16,23H,14-15H2,1H3,(H,28,30)/t16-,23-/m1/s1. The lowest BCUT2D eigenvalue weighted by Crippen LogP contribution is -2.47. The van der Waals surface area contributed by atoms with Crippen LogP contribution in [0.4, 0.5) is 10.1 Å². The Hall–Kier alpha value is -2.83. The van der Waals surface area contributed by atoms with E-state index in [1.165, 1.54) is 23.9 Å². The van der Waals surface area contributed by atoms with Crippen molar-refractivity contribution in [1.29, 1.82) is 0 Å². The molecule has 3 aromatic rings. The smallest absolute Gasteiger partial charge is 0.241 e. The molecule has 32 heavy (non-hydrogen) atoms. The fraction of sp³-hybridized carbons (Fsp3) is 0.200. The van der Waals surface area contributed by atoms with Crippen molar-refractivity contribution in [2.45, 2.75) is 30.2 Å². The van der Waals surface area contributed by atoms with Gasteiger partial charge in [0, 0.05) is 16.5 Å². The van der Waals surface area contributed by atoms with Crippen molar-refractivity contribution in [2.75, 3.05) is 4.90 Å². The molecule has 2 amide bonds. The summed E-state index contributed by atoms with van der Waals surface area (Å²) in [6.07, 6.45) is 0. The molecule has 4 rings (SSSR count). The first kappa shape index (κ1) is 22.4. The summed E-state index contributed by atoms with van der Waals surface area (Å²) in [5, 5.41) is 2.92. The minimum absolute atomic E-state index is 0.140. The number of halogens is 2. The molecular formula is C25H22ClFN2O2S. The van der Waals surface area contributed by atoms with E-state index >= 15 is 0 Å². The second-order valence-electron chi connectivity index (χ2n) is 7.65. The average Bonchev–Trinajstić information content (AvgIpc) is 2.81. The molecule has 1 aliphatic rings. The van der Waals surface area contributed by atoms with E-state index in [0.29, 0.717) is 18.1 Å². The number of nitrogens with one attached hydrogen (secondary N) is 1. The van der Waals surface area contributed by atoms with Gasteiger partial charge in [-0.05, 0) is 41.5 Å². The third kappa shape index (κ3) is 4.81. The van der Waals surface area contributed by atoms with Crippen LogP contribution in [0.2, 0.25) is 5.02 Å². The number of carbonyl (C=O) groups is 2. The Labute approximate surface area is 195 Å². The Kier molecular flexibility index (Phi) is 6.82. The predicted octanol–water partition coefficient (Wildman–Crippen LogP) is 5.44. The molecule has 0 saturated carbocycles. The summed E-state index contributed by atoms with van der Waals surface area (Å²) < 4.78 is 13.3. The monoisotopic (exact) mass is 468 g/mol. The Morgan fingerprint density at radius 2 is 1.78 bits per heavy atom. The molecule has 0 aromatic heterocycles. The third-order valence-corrected chi connectivity index (χ3v) is 7.28. The molecule has 0 fully saturated rings. The molecule has 1 aliphatic heterocycles. The average molecular weight is 469 g/mol. The van der Waals surface area contributed by atoms with E-state index in [-0.39, 0.29) is 17.6 Å². The summed E-state index contributed by atoms with van der Waals surface area (Å²) in [5.41, 5.74) is 2.43. The highest BCUT2D eigenvalue weighted by Crippen LogP contribution is 2.42. The van der Waals surface area contributed by atoms with Crippen LogP contribution in [0, 0.1) is 11.7 Å². The third-order valence-electron chi connectivity index (χ3n) is 5.45. The van der Waals surface area contributed by atoms with Gasteiger partial charge in [0.1, 0.15) is 11.1 Å².